The summed E-state index contributed by atoms with van der Waals surface area (Å²) in [5, 5.41) is 2.82. The number of aromatic nitrogens is 1. The summed E-state index contributed by atoms with van der Waals surface area (Å²) in [6.07, 6.45) is 2.41. The molecule has 2 aromatic rings. The summed E-state index contributed by atoms with van der Waals surface area (Å²) in [7, 11) is 0. The number of hydrogen-bond acceptors (Lipinski definition) is 3. The van der Waals surface area contributed by atoms with E-state index in [0.29, 0.717) is 12.3 Å². The van der Waals surface area contributed by atoms with Gasteiger partial charge in [-0.15, -0.1) is 0 Å². The molecule has 0 fully saturated rings. The summed E-state index contributed by atoms with van der Waals surface area (Å²) in [4.78, 5) is 24.5. The van der Waals surface area contributed by atoms with Crippen LogP contribution < -0.4 is 15.6 Å². The van der Waals surface area contributed by atoms with Crippen molar-refractivity contribution >= 4 is 11.6 Å². The predicted octanol–water partition coefficient (Wildman–Crippen LogP) is 3.57. The number of benzene rings is 1. The second-order valence-electron chi connectivity index (χ2n) is 7.03. The minimum absolute atomic E-state index is 0.0524. The van der Waals surface area contributed by atoms with Gasteiger partial charge in [0.2, 0.25) is 5.91 Å². The van der Waals surface area contributed by atoms with Gasteiger partial charge in [0.05, 0.1) is 6.61 Å². The Hall–Kier alpha value is -2.56. The zero-order chi connectivity index (χ0) is 18.4. The van der Waals surface area contributed by atoms with Crippen LogP contribution in [0.4, 0.5) is 5.69 Å². The molecule has 5 heteroatoms. The maximum absolute atomic E-state index is 12.3. The van der Waals surface area contributed by atoms with Crippen molar-refractivity contribution in [2.45, 2.75) is 46.1 Å². The van der Waals surface area contributed by atoms with Crippen molar-refractivity contribution in [1.82, 2.24) is 4.57 Å². The van der Waals surface area contributed by atoms with Gasteiger partial charge in [0.15, 0.2) is 5.75 Å². The zero-order valence-electron chi connectivity index (χ0n) is 15.3. The maximum atomic E-state index is 12.3. The second kappa shape index (κ2) is 8.01. The van der Waals surface area contributed by atoms with E-state index in [1.807, 2.05) is 31.2 Å². The molecule has 1 heterocycles. The van der Waals surface area contributed by atoms with Crippen LogP contribution in [0, 0.1) is 0 Å². The molecule has 0 aliphatic rings. The molecule has 0 atom stereocenters. The van der Waals surface area contributed by atoms with E-state index in [0.717, 1.165) is 6.42 Å². The Kier molecular flexibility index (Phi) is 6.02. The number of nitrogens with one attached hydrogen (secondary N) is 1. The molecule has 5 nitrogen and oxygen atoms in total. The predicted molar refractivity (Wildman–Crippen MR) is 100 cm³/mol. The quantitative estimate of drug-likeness (QED) is 0.873. The van der Waals surface area contributed by atoms with E-state index in [1.54, 1.807) is 18.3 Å². The minimum atomic E-state index is -0.297. The summed E-state index contributed by atoms with van der Waals surface area (Å²) in [5.41, 5.74) is 1.68. The normalized spacial score (nSPS) is 11.2. The molecule has 0 aliphatic carbocycles. The molecular formula is C20H26N2O3. The number of amides is 1. The average molecular weight is 342 g/mol. The molecule has 0 unspecified atom stereocenters. The van der Waals surface area contributed by atoms with Crippen LogP contribution >= 0.6 is 0 Å². The van der Waals surface area contributed by atoms with Crippen LogP contribution in [0.3, 0.4) is 0 Å². The number of hydrogen-bond donors (Lipinski definition) is 1. The van der Waals surface area contributed by atoms with Crippen molar-refractivity contribution in [3.63, 3.8) is 0 Å². The molecule has 0 saturated heterocycles. The first kappa shape index (κ1) is 18.8. The summed E-state index contributed by atoms with van der Waals surface area (Å²) in [5.74, 6) is 0.0185. The summed E-state index contributed by atoms with van der Waals surface area (Å²) in [6.45, 7) is 8.82. The third-order valence-corrected chi connectivity index (χ3v) is 3.80. The topological polar surface area (TPSA) is 60.3 Å². The molecule has 0 bridgehead atoms. The van der Waals surface area contributed by atoms with Crippen LogP contribution in [0.1, 0.15) is 39.7 Å². The van der Waals surface area contributed by atoms with Gasteiger partial charge in [0.25, 0.3) is 5.56 Å². The third kappa shape index (κ3) is 5.21. The Balaban J connectivity index is 2.04. The van der Waals surface area contributed by atoms with Crippen molar-refractivity contribution in [3.05, 3.63) is 58.5 Å². The Bertz CT molecular complexity index is 771. The molecule has 1 aromatic heterocycles. The molecule has 134 valence electrons. The van der Waals surface area contributed by atoms with Crippen LogP contribution in [0.2, 0.25) is 0 Å². The van der Waals surface area contributed by atoms with Gasteiger partial charge >= 0.3 is 0 Å². The van der Waals surface area contributed by atoms with Gasteiger partial charge in [-0.3, -0.25) is 9.59 Å². The monoisotopic (exact) mass is 342 g/mol. The van der Waals surface area contributed by atoms with Crippen LogP contribution in [-0.2, 0) is 16.8 Å². The van der Waals surface area contributed by atoms with Crippen LogP contribution in [0.25, 0.3) is 0 Å². The molecule has 2 rings (SSSR count). The fourth-order valence-corrected chi connectivity index (χ4v) is 2.37. The Labute approximate surface area is 148 Å². The van der Waals surface area contributed by atoms with Gasteiger partial charge < -0.3 is 14.6 Å². The van der Waals surface area contributed by atoms with Crippen LogP contribution in [-0.4, -0.2) is 17.1 Å². The van der Waals surface area contributed by atoms with E-state index in [2.05, 4.69) is 26.1 Å². The Morgan fingerprint density at radius 3 is 2.44 bits per heavy atom. The number of carbonyl (C=O) groups excluding carboxylic acids is 1. The fraction of sp³-hybridized carbons (Fsp3) is 0.400. The van der Waals surface area contributed by atoms with Crippen LogP contribution in [0.5, 0.6) is 5.75 Å². The highest BCUT2D eigenvalue weighted by Gasteiger charge is 2.13. The lowest BCUT2D eigenvalue weighted by Crippen LogP contribution is -2.28. The van der Waals surface area contributed by atoms with Gasteiger partial charge in [-0.1, -0.05) is 39.8 Å². The van der Waals surface area contributed by atoms with E-state index in [-0.39, 0.29) is 29.2 Å². The lowest BCUT2D eigenvalue weighted by Gasteiger charge is -2.19. The molecule has 1 amide bonds. The molecular weight excluding hydrogens is 316 g/mol. The number of anilines is 1. The number of nitrogens with zero attached hydrogens (tertiary/aromatic N) is 1. The summed E-state index contributed by atoms with van der Waals surface area (Å²) < 4.78 is 6.76. The standard InChI is InChI=1S/C20H26N2O3/c1-5-13-25-17-7-6-12-22(19(17)24)14-18(23)21-16-10-8-15(9-11-16)20(2,3)4/h6-12H,5,13-14H2,1-4H3,(H,21,23). The smallest absolute Gasteiger partial charge is 0.293 e. The molecule has 0 radical (unpaired) electrons. The fourth-order valence-electron chi connectivity index (χ4n) is 2.37. The van der Waals surface area contributed by atoms with E-state index < -0.39 is 0 Å². The highest BCUT2D eigenvalue weighted by molar-refractivity contribution is 5.90. The first-order chi connectivity index (χ1) is 11.8. The highest BCUT2D eigenvalue weighted by Crippen LogP contribution is 2.23. The van der Waals surface area contributed by atoms with E-state index in [9.17, 15) is 9.59 Å². The SMILES string of the molecule is CCCOc1cccn(CC(=O)Nc2ccc(C(C)(C)C)cc2)c1=O. The average Bonchev–Trinajstić information content (AvgIpc) is 2.55. The Morgan fingerprint density at radius 1 is 1.16 bits per heavy atom. The number of carbonyl (C=O) groups is 1. The lowest BCUT2D eigenvalue weighted by atomic mass is 9.87. The first-order valence-corrected chi connectivity index (χ1v) is 8.54. The van der Waals surface area contributed by atoms with E-state index >= 15 is 0 Å². The molecule has 0 saturated carbocycles. The largest absolute Gasteiger partial charge is 0.488 e. The van der Waals surface area contributed by atoms with Crippen molar-refractivity contribution in [2.24, 2.45) is 0 Å². The molecule has 25 heavy (non-hydrogen) atoms. The van der Waals surface area contributed by atoms with E-state index in [1.165, 1.54) is 10.1 Å². The number of ether oxygens (including phenoxy) is 1. The highest BCUT2D eigenvalue weighted by atomic mass is 16.5. The molecule has 0 spiro atoms. The minimum Gasteiger partial charge on any atom is -0.488 e. The molecule has 1 N–H and O–H groups in total. The second-order valence-corrected chi connectivity index (χ2v) is 7.03. The number of pyridine rings is 1. The van der Waals surface area contributed by atoms with Gasteiger partial charge in [-0.05, 0) is 41.7 Å². The lowest BCUT2D eigenvalue weighted by molar-refractivity contribution is -0.116. The first-order valence-electron chi connectivity index (χ1n) is 8.54. The van der Waals surface area contributed by atoms with Crippen LogP contribution in [0.15, 0.2) is 47.4 Å². The van der Waals surface area contributed by atoms with Gasteiger partial charge in [-0.25, -0.2) is 0 Å². The zero-order valence-corrected chi connectivity index (χ0v) is 15.3. The van der Waals surface area contributed by atoms with Gasteiger partial charge in [0.1, 0.15) is 6.54 Å². The number of rotatable bonds is 6. The summed E-state index contributed by atoms with van der Waals surface area (Å²) in [6, 6.07) is 11.1. The van der Waals surface area contributed by atoms with Gasteiger partial charge in [0, 0.05) is 11.9 Å². The molecule has 0 aliphatic heterocycles. The van der Waals surface area contributed by atoms with Crippen molar-refractivity contribution < 1.29 is 9.53 Å². The van der Waals surface area contributed by atoms with Crippen molar-refractivity contribution in [2.75, 3.05) is 11.9 Å². The van der Waals surface area contributed by atoms with Crippen molar-refractivity contribution in [1.29, 1.82) is 0 Å². The summed E-state index contributed by atoms with van der Waals surface area (Å²) >= 11 is 0. The van der Waals surface area contributed by atoms with Crippen molar-refractivity contribution in [3.8, 4) is 5.75 Å². The third-order valence-electron chi connectivity index (χ3n) is 3.80. The maximum Gasteiger partial charge on any atom is 0.293 e. The molecule has 1 aromatic carbocycles. The van der Waals surface area contributed by atoms with Gasteiger partial charge in [-0.2, -0.15) is 0 Å². The Morgan fingerprint density at radius 2 is 1.84 bits per heavy atom. The van der Waals surface area contributed by atoms with E-state index in [4.69, 9.17) is 4.74 Å².